The Balaban J connectivity index is 3.37. The topological polar surface area (TPSA) is 81.8 Å². The fraction of sp³-hybridized carbons (Fsp3) is 0.667. The summed E-state index contributed by atoms with van der Waals surface area (Å²) in [4.78, 5) is 11.1. The molecule has 1 rings (SSSR count). The Hall–Kier alpha value is -1.32. The third kappa shape index (κ3) is 6.09. The lowest BCUT2D eigenvalue weighted by atomic mass is 10.1. The Kier molecular flexibility index (Phi) is 7.24. The molecule has 28 heavy (non-hydrogen) atoms. The molecule has 0 amide bonds. The standard InChI is InChI=1S/C21H39NO4Si2/c1-20(2,3)27(7,8)25-17-12-11-15(13-16(22)19(23)24)14-18(17)26-28(9,10)21(4,5)6/h11-12,14,16H,13,22H2,1-10H3,(H,23,24). The molecular weight excluding hydrogens is 386 g/mol. The van der Waals surface area contributed by atoms with Gasteiger partial charge in [-0.3, -0.25) is 4.79 Å². The molecule has 1 aromatic carbocycles. The average Bonchev–Trinajstić information content (AvgIpc) is 2.46. The molecule has 0 heterocycles. The molecule has 7 heteroatoms. The van der Waals surface area contributed by atoms with Crippen LogP contribution in [0.4, 0.5) is 0 Å². The number of carboxylic acids is 1. The first-order valence-corrected chi connectivity index (χ1v) is 15.7. The summed E-state index contributed by atoms with van der Waals surface area (Å²) >= 11 is 0. The first-order chi connectivity index (χ1) is 12.4. The maximum absolute atomic E-state index is 11.1. The minimum atomic E-state index is -2.10. The Morgan fingerprint density at radius 2 is 1.39 bits per heavy atom. The van der Waals surface area contributed by atoms with Gasteiger partial charge in [0.15, 0.2) is 0 Å². The van der Waals surface area contributed by atoms with E-state index in [-0.39, 0.29) is 16.5 Å². The minimum absolute atomic E-state index is 0.0364. The number of nitrogens with two attached hydrogens (primary N) is 1. The molecule has 0 saturated carbocycles. The van der Waals surface area contributed by atoms with Crippen molar-refractivity contribution < 1.29 is 18.8 Å². The van der Waals surface area contributed by atoms with E-state index in [9.17, 15) is 4.79 Å². The molecule has 0 bridgehead atoms. The van der Waals surface area contributed by atoms with Gasteiger partial charge in [-0.15, -0.1) is 0 Å². The monoisotopic (exact) mass is 425 g/mol. The Morgan fingerprint density at radius 3 is 1.79 bits per heavy atom. The third-order valence-corrected chi connectivity index (χ3v) is 14.8. The zero-order valence-electron chi connectivity index (χ0n) is 19.3. The highest BCUT2D eigenvalue weighted by atomic mass is 28.4. The number of hydrogen-bond donors (Lipinski definition) is 2. The highest BCUT2D eigenvalue weighted by molar-refractivity contribution is 6.75. The number of aliphatic carboxylic acids is 1. The summed E-state index contributed by atoms with van der Waals surface area (Å²) in [5, 5.41) is 9.23. The molecule has 0 fully saturated rings. The summed E-state index contributed by atoms with van der Waals surface area (Å²) in [5.74, 6) is 0.434. The van der Waals surface area contributed by atoms with Crippen molar-refractivity contribution >= 4 is 22.6 Å². The van der Waals surface area contributed by atoms with Crippen LogP contribution < -0.4 is 14.6 Å². The zero-order valence-corrected chi connectivity index (χ0v) is 21.3. The highest BCUT2D eigenvalue weighted by Crippen LogP contribution is 2.43. The lowest BCUT2D eigenvalue weighted by molar-refractivity contribution is -0.138. The van der Waals surface area contributed by atoms with E-state index < -0.39 is 28.6 Å². The van der Waals surface area contributed by atoms with Gasteiger partial charge in [0.05, 0.1) is 0 Å². The van der Waals surface area contributed by atoms with Crippen molar-refractivity contribution in [3.8, 4) is 11.5 Å². The van der Waals surface area contributed by atoms with Crippen LogP contribution >= 0.6 is 0 Å². The van der Waals surface area contributed by atoms with Crippen LogP contribution in [0.5, 0.6) is 11.5 Å². The van der Waals surface area contributed by atoms with Crippen LogP contribution in [0.1, 0.15) is 47.1 Å². The molecule has 3 N–H and O–H groups in total. The van der Waals surface area contributed by atoms with Crippen LogP contribution in [0.3, 0.4) is 0 Å². The first kappa shape index (κ1) is 24.7. The summed E-state index contributed by atoms with van der Waals surface area (Å²) in [5.41, 5.74) is 6.57. The molecule has 160 valence electrons. The molecule has 0 radical (unpaired) electrons. The van der Waals surface area contributed by atoms with Gasteiger partial charge in [-0.05, 0) is 60.4 Å². The zero-order chi connectivity index (χ0) is 22.1. The van der Waals surface area contributed by atoms with Crippen LogP contribution in [0.25, 0.3) is 0 Å². The van der Waals surface area contributed by atoms with E-state index in [4.69, 9.17) is 19.7 Å². The summed E-state index contributed by atoms with van der Waals surface area (Å²) in [6.07, 6.45) is 0.254. The van der Waals surface area contributed by atoms with Crippen LogP contribution in [-0.4, -0.2) is 33.8 Å². The maximum atomic E-state index is 11.1. The minimum Gasteiger partial charge on any atom is -0.541 e. The van der Waals surface area contributed by atoms with E-state index >= 15 is 0 Å². The number of carbonyl (C=O) groups is 1. The van der Waals surface area contributed by atoms with Gasteiger partial charge in [0.2, 0.25) is 0 Å². The summed E-state index contributed by atoms with van der Waals surface area (Å²) in [6, 6.07) is 4.77. The van der Waals surface area contributed by atoms with Crippen LogP contribution in [0.15, 0.2) is 18.2 Å². The van der Waals surface area contributed by atoms with E-state index in [1.807, 2.05) is 18.2 Å². The van der Waals surface area contributed by atoms with Crippen LogP contribution in [-0.2, 0) is 11.2 Å². The second kappa shape index (κ2) is 8.20. The molecule has 0 spiro atoms. The molecule has 1 aromatic rings. The maximum Gasteiger partial charge on any atom is 0.320 e. The number of rotatable bonds is 7. The predicted molar refractivity (Wildman–Crippen MR) is 121 cm³/mol. The van der Waals surface area contributed by atoms with E-state index in [1.165, 1.54) is 0 Å². The lowest BCUT2D eigenvalue weighted by Gasteiger charge is -2.39. The number of benzene rings is 1. The Morgan fingerprint density at radius 1 is 0.964 bits per heavy atom. The number of hydrogen-bond acceptors (Lipinski definition) is 4. The second-order valence-corrected chi connectivity index (χ2v) is 20.1. The largest absolute Gasteiger partial charge is 0.541 e. The Bertz CT molecular complexity index is 703. The fourth-order valence-electron chi connectivity index (χ4n) is 2.04. The molecule has 0 aliphatic heterocycles. The average molecular weight is 426 g/mol. The van der Waals surface area contributed by atoms with Crippen molar-refractivity contribution in [2.75, 3.05) is 0 Å². The first-order valence-electron chi connectivity index (χ1n) is 9.87. The van der Waals surface area contributed by atoms with Crippen molar-refractivity contribution in [1.29, 1.82) is 0 Å². The van der Waals surface area contributed by atoms with E-state index in [1.54, 1.807) is 0 Å². The van der Waals surface area contributed by atoms with Gasteiger partial charge in [0.1, 0.15) is 17.5 Å². The van der Waals surface area contributed by atoms with Crippen molar-refractivity contribution in [3.63, 3.8) is 0 Å². The van der Waals surface area contributed by atoms with Crippen molar-refractivity contribution in [2.45, 2.75) is 90.3 Å². The molecular formula is C21H39NO4Si2. The van der Waals surface area contributed by atoms with Gasteiger partial charge in [-0.2, -0.15) is 0 Å². The van der Waals surface area contributed by atoms with Gasteiger partial charge in [0, 0.05) is 0 Å². The molecule has 0 aromatic heterocycles. The molecule has 5 nitrogen and oxygen atoms in total. The normalized spacial score (nSPS) is 14.5. The Labute approximate surface area is 172 Å². The SMILES string of the molecule is CC(C)(C)[Si](C)(C)Oc1ccc(CC(N)C(=O)O)cc1O[Si](C)(C)C(C)(C)C. The molecule has 0 saturated heterocycles. The van der Waals surface area contributed by atoms with Gasteiger partial charge < -0.3 is 19.7 Å². The molecule has 1 atom stereocenters. The fourth-order valence-corrected chi connectivity index (χ4v) is 4.08. The van der Waals surface area contributed by atoms with E-state index in [2.05, 4.69) is 67.7 Å². The third-order valence-electron chi connectivity index (χ3n) is 6.12. The van der Waals surface area contributed by atoms with Crippen molar-refractivity contribution in [2.24, 2.45) is 5.73 Å². The van der Waals surface area contributed by atoms with Gasteiger partial charge in [-0.1, -0.05) is 47.6 Å². The number of carboxylic acid groups (broad SMARTS) is 1. The van der Waals surface area contributed by atoms with Gasteiger partial charge in [0.25, 0.3) is 16.6 Å². The predicted octanol–water partition coefficient (Wildman–Crippen LogP) is 5.41. The quantitative estimate of drug-likeness (QED) is 0.571. The van der Waals surface area contributed by atoms with Crippen LogP contribution in [0.2, 0.25) is 36.3 Å². The summed E-state index contributed by atoms with van der Waals surface area (Å²) in [7, 11) is -4.14. The smallest absolute Gasteiger partial charge is 0.320 e. The highest BCUT2D eigenvalue weighted by Gasteiger charge is 2.42. The lowest BCUT2D eigenvalue weighted by Crippen LogP contribution is -2.45. The van der Waals surface area contributed by atoms with Crippen LogP contribution in [0, 0.1) is 0 Å². The summed E-state index contributed by atoms with van der Waals surface area (Å²) in [6.45, 7) is 22.0. The van der Waals surface area contributed by atoms with Gasteiger partial charge in [-0.25, -0.2) is 0 Å². The van der Waals surface area contributed by atoms with Crippen molar-refractivity contribution in [1.82, 2.24) is 0 Å². The van der Waals surface area contributed by atoms with E-state index in [0.717, 1.165) is 11.3 Å². The molecule has 0 aliphatic carbocycles. The van der Waals surface area contributed by atoms with E-state index in [0.29, 0.717) is 5.75 Å². The second-order valence-electron chi connectivity index (χ2n) is 10.7. The summed E-state index contributed by atoms with van der Waals surface area (Å²) < 4.78 is 13.1. The molecule has 0 aliphatic rings. The van der Waals surface area contributed by atoms with Crippen molar-refractivity contribution in [3.05, 3.63) is 23.8 Å². The molecule has 1 unspecified atom stereocenters. The van der Waals surface area contributed by atoms with Gasteiger partial charge >= 0.3 is 5.97 Å².